The van der Waals surface area contributed by atoms with Gasteiger partial charge in [0.25, 0.3) is 5.91 Å². The first-order valence-corrected chi connectivity index (χ1v) is 9.37. The first kappa shape index (κ1) is 18.9. The molecule has 0 aliphatic carbocycles. The standard InChI is InChI=1S/C22H21FN4O2/c1-14-19(16-8-10-17(23)11-9-16)26-29-21(14)22(28)25-20(15-6-4-3-5-7-15)18-12-13-24-27(18)2/h3-14,20-21H,1-2H3,(H,25,28)/t14-,20+,21+/m1/s1. The third kappa shape index (κ3) is 3.76. The Hall–Kier alpha value is -3.48. The highest BCUT2D eigenvalue weighted by Gasteiger charge is 2.38. The molecule has 1 amide bonds. The maximum atomic E-state index is 13.2. The molecule has 0 radical (unpaired) electrons. The molecule has 0 fully saturated rings. The lowest BCUT2D eigenvalue weighted by Crippen LogP contribution is -2.41. The second-order valence-electron chi connectivity index (χ2n) is 7.03. The van der Waals surface area contributed by atoms with Gasteiger partial charge in [-0.1, -0.05) is 54.5 Å². The Morgan fingerprint density at radius 1 is 1.14 bits per heavy atom. The molecule has 0 bridgehead atoms. The molecule has 148 valence electrons. The summed E-state index contributed by atoms with van der Waals surface area (Å²) in [7, 11) is 1.84. The van der Waals surface area contributed by atoms with Crippen LogP contribution in [0.3, 0.4) is 0 Å². The largest absolute Gasteiger partial charge is 0.381 e. The second-order valence-corrected chi connectivity index (χ2v) is 7.03. The van der Waals surface area contributed by atoms with Crippen LogP contribution in [0.1, 0.15) is 29.8 Å². The van der Waals surface area contributed by atoms with Gasteiger partial charge in [-0.05, 0) is 29.3 Å². The lowest BCUT2D eigenvalue weighted by atomic mass is 9.93. The molecule has 2 heterocycles. The highest BCUT2D eigenvalue weighted by Crippen LogP contribution is 2.26. The fourth-order valence-electron chi connectivity index (χ4n) is 3.51. The Balaban J connectivity index is 1.54. The zero-order valence-electron chi connectivity index (χ0n) is 16.1. The van der Waals surface area contributed by atoms with Gasteiger partial charge in [-0.25, -0.2) is 4.39 Å². The molecule has 7 heteroatoms. The number of hydrogen-bond acceptors (Lipinski definition) is 4. The molecule has 0 spiro atoms. The molecule has 1 aliphatic rings. The first-order chi connectivity index (χ1) is 14.0. The summed E-state index contributed by atoms with van der Waals surface area (Å²) in [5.41, 5.74) is 3.16. The molecule has 29 heavy (non-hydrogen) atoms. The van der Waals surface area contributed by atoms with Gasteiger partial charge < -0.3 is 10.2 Å². The van der Waals surface area contributed by atoms with E-state index in [9.17, 15) is 9.18 Å². The van der Waals surface area contributed by atoms with Gasteiger partial charge in [-0.15, -0.1) is 0 Å². The summed E-state index contributed by atoms with van der Waals surface area (Å²) >= 11 is 0. The molecule has 0 saturated heterocycles. The maximum Gasteiger partial charge on any atom is 0.265 e. The van der Waals surface area contributed by atoms with Crippen LogP contribution >= 0.6 is 0 Å². The summed E-state index contributed by atoms with van der Waals surface area (Å²) in [6.07, 6.45) is 0.927. The van der Waals surface area contributed by atoms with Gasteiger partial charge in [0, 0.05) is 13.2 Å². The highest BCUT2D eigenvalue weighted by molar-refractivity contribution is 6.05. The molecular weight excluding hydrogens is 371 g/mol. The van der Waals surface area contributed by atoms with Crippen LogP contribution in [0.15, 0.2) is 72.0 Å². The van der Waals surface area contributed by atoms with Gasteiger partial charge in [0.15, 0.2) is 0 Å². The highest BCUT2D eigenvalue weighted by atomic mass is 19.1. The smallest absolute Gasteiger partial charge is 0.265 e. The van der Waals surface area contributed by atoms with Crippen molar-refractivity contribution in [1.29, 1.82) is 0 Å². The van der Waals surface area contributed by atoms with Crippen LogP contribution in [-0.4, -0.2) is 27.5 Å². The Morgan fingerprint density at radius 3 is 2.52 bits per heavy atom. The number of rotatable bonds is 5. The number of halogens is 1. The molecule has 1 aromatic heterocycles. The summed E-state index contributed by atoms with van der Waals surface area (Å²) in [6, 6.07) is 17.2. The third-order valence-electron chi connectivity index (χ3n) is 5.12. The summed E-state index contributed by atoms with van der Waals surface area (Å²) < 4.78 is 14.9. The van der Waals surface area contributed by atoms with E-state index in [1.54, 1.807) is 23.0 Å². The molecule has 2 aromatic carbocycles. The zero-order chi connectivity index (χ0) is 20.4. The molecule has 0 unspecified atom stereocenters. The molecule has 3 aromatic rings. The number of nitrogens with zero attached hydrogens (tertiary/aromatic N) is 3. The van der Waals surface area contributed by atoms with Crippen molar-refractivity contribution in [3.63, 3.8) is 0 Å². The fourth-order valence-corrected chi connectivity index (χ4v) is 3.51. The predicted molar refractivity (Wildman–Crippen MR) is 107 cm³/mol. The maximum absolute atomic E-state index is 13.2. The number of aryl methyl sites for hydroxylation is 1. The van der Waals surface area contributed by atoms with Crippen LogP contribution in [0.2, 0.25) is 0 Å². The van der Waals surface area contributed by atoms with Crippen molar-refractivity contribution >= 4 is 11.6 Å². The topological polar surface area (TPSA) is 68.5 Å². The second kappa shape index (κ2) is 7.87. The monoisotopic (exact) mass is 392 g/mol. The van der Waals surface area contributed by atoms with E-state index in [1.165, 1.54) is 12.1 Å². The van der Waals surface area contributed by atoms with Gasteiger partial charge >= 0.3 is 0 Å². The van der Waals surface area contributed by atoms with Crippen molar-refractivity contribution in [2.45, 2.75) is 19.1 Å². The van der Waals surface area contributed by atoms with Crippen LogP contribution in [-0.2, 0) is 16.7 Å². The minimum atomic E-state index is -0.769. The quantitative estimate of drug-likeness (QED) is 0.725. The van der Waals surface area contributed by atoms with Crippen molar-refractivity contribution in [3.05, 3.63) is 89.5 Å². The molecular formula is C22H21FN4O2. The Labute approximate surface area is 168 Å². The van der Waals surface area contributed by atoms with Crippen LogP contribution < -0.4 is 5.32 Å². The SMILES string of the molecule is C[C@@H]1C(c2ccc(F)cc2)=NO[C@@H]1C(=O)N[C@@H](c1ccccc1)c1ccnn1C. The molecule has 6 nitrogen and oxygen atoms in total. The lowest BCUT2D eigenvalue weighted by molar-refractivity contribution is -0.133. The Kier molecular flexibility index (Phi) is 5.12. The average Bonchev–Trinajstić information content (AvgIpc) is 3.33. The van der Waals surface area contributed by atoms with E-state index < -0.39 is 6.10 Å². The first-order valence-electron chi connectivity index (χ1n) is 9.37. The summed E-state index contributed by atoms with van der Waals surface area (Å²) in [6.45, 7) is 1.88. The number of aromatic nitrogens is 2. The van der Waals surface area contributed by atoms with Crippen LogP contribution in [0.4, 0.5) is 4.39 Å². The zero-order valence-corrected chi connectivity index (χ0v) is 16.1. The van der Waals surface area contributed by atoms with Crippen molar-refractivity contribution < 1.29 is 14.0 Å². The number of benzene rings is 2. The van der Waals surface area contributed by atoms with Crippen molar-refractivity contribution in [1.82, 2.24) is 15.1 Å². The molecule has 0 saturated carbocycles. The van der Waals surface area contributed by atoms with Crippen LogP contribution in [0.5, 0.6) is 0 Å². The number of nitrogens with one attached hydrogen (secondary N) is 1. The van der Waals surface area contributed by atoms with Crippen molar-refractivity contribution in [2.24, 2.45) is 18.1 Å². The normalized spacial score (nSPS) is 19.3. The minimum absolute atomic E-state index is 0.270. The fraction of sp³-hybridized carbons (Fsp3) is 0.227. The van der Waals surface area contributed by atoms with E-state index in [0.717, 1.165) is 16.8 Å². The average molecular weight is 392 g/mol. The lowest BCUT2D eigenvalue weighted by Gasteiger charge is -2.22. The molecule has 4 rings (SSSR count). The number of carbonyl (C=O) groups excluding carboxylic acids is 1. The number of hydrogen-bond donors (Lipinski definition) is 1. The van der Waals surface area contributed by atoms with Gasteiger partial charge in [0.1, 0.15) is 5.82 Å². The Morgan fingerprint density at radius 2 is 1.86 bits per heavy atom. The van der Waals surface area contributed by atoms with Crippen LogP contribution in [0.25, 0.3) is 0 Å². The van der Waals surface area contributed by atoms with Crippen molar-refractivity contribution in [3.8, 4) is 0 Å². The predicted octanol–water partition coefficient (Wildman–Crippen LogP) is 3.20. The van der Waals surface area contributed by atoms with E-state index in [1.807, 2.05) is 50.4 Å². The number of carbonyl (C=O) groups is 1. The Bertz CT molecular complexity index is 1030. The van der Waals surface area contributed by atoms with E-state index in [2.05, 4.69) is 15.6 Å². The van der Waals surface area contributed by atoms with E-state index in [4.69, 9.17) is 4.84 Å². The molecule has 1 aliphatic heterocycles. The number of oxime groups is 1. The van der Waals surface area contributed by atoms with Gasteiger partial charge in [0.2, 0.25) is 6.10 Å². The minimum Gasteiger partial charge on any atom is -0.381 e. The van der Waals surface area contributed by atoms with E-state index in [0.29, 0.717) is 5.71 Å². The summed E-state index contributed by atoms with van der Waals surface area (Å²) in [5, 5.41) is 11.4. The van der Waals surface area contributed by atoms with Gasteiger partial charge in [0.05, 0.1) is 23.4 Å². The summed E-state index contributed by atoms with van der Waals surface area (Å²) in [5.74, 6) is -0.867. The van der Waals surface area contributed by atoms with E-state index in [-0.39, 0.29) is 23.7 Å². The van der Waals surface area contributed by atoms with Crippen LogP contribution in [0, 0.1) is 11.7 Å². The third-order valence-corrected chi connectivity index (χ3v) is 5.12. The van der Waals surface area contributed by atoms with Gasteiger partial charge in [-0.2, -0.15) is 5.10 Å². The van der Waals surface area contributed by atoms with E-state index >= 15 is 0 Å². The molecule has 1 N–H and O–H groups in total. The number of amides is 1. The summed E-state index contributed by atoms with van der Waals surface area (Å²) in [4.78, 5) is 18.5. The van der Waals surface area contributed by atoms with Gasteiger partial charge in [-0.3, -0.25) is 9.48 Å². The molecule has 3 atom stereocenters. The van der Waals surface area contributed by atoms with Crippen molar-refractivity contribution in [2.75, 3.05) is 0 Å².